The van der Waals surface area contributed by atoms with Gasteiger partial charge in [0.1, 0.15) is 6.61 Å². The van der Waals surface area contributed by atoms with Crippen molar-refractivity contribution in [3.63, 3.8) is 0 Å². The zero-order valence-electron chi connectivity index (χ0n) is 10.7. The molecule has 1 fully saturated rings. The van der Waals surface area contributed by atoms with Crippen LogP contribution in [-0.2, 0) is 9.47 Å². The maximum Gasteiger partial charge on any atom is 0.192 e. The minimum Gasteiger partial charge on any atom is -0.367 e. The second-order valence-electron chi connectivity index (χ2n) is 5.67. The molecule has 90 valence electrons. The summed E-state index contributed by atoms with van der Waals surface area (Å²) in [6.45, 7) is 12.3. The van der Waals surface area contributed by atoms with Crippen LogP contribution in [0.4, 0.5) is 0 Å². The molecule has 0 aromatic carbocycles. The van der Waals surface area contributed by atoms with Crippen LogP contribution in [0, 0.1) is 11.8 Å². The molecular formula is C12H24O3. The highest BCUT2D eigenvalue weighted by Gasteiger charge is 2.48. The molecule has 2 atom stereocenters. The average Bonchev–Trinajstić information content (AvgIpc) is 2.09. The molecule has 1 N–H and O–H groups in total. The molecule has 2 unspecified atom stereocenters. The van der Waals surface area contributed by atoms with Gasteiger partial charge in [-0.15, -0.1) is 0 Å². The van der Waals surface area contributed by atoms with Gasteiger partial charge in [0, 0.05) is 5.92 Å². The van der Waals surface area contributed by atoms with Crippen molar-refractivity contribution in [3.05, 3.63) is 0 Å². The molecule has 0 spiro atoms. The fraction of sp³-hybridized carbons (Fsp3) is 1.00. The molecule has 0 aliphatic carbocycles. The Hall–Kier alpha value is -0.120. The van der Waals surface area contributed by atoms with Crippen molar-refractivity contribution in [2.45, 2.75) is 59.0 Å². The molecule has 15 heavy (non-hydrogen) atoms. The first-order valence-corrected chi connectivity index (χ1v) is 5.73. The van der Waals surface area contributed by atoms with E-state index in [1.165, 1.54) is 0 Å². The standard InChI is InChI=1S/C12H24O3/c1-8(2)10-11(5,6)14-7-12(13,15-10)9(3)4/h8-10,13H,7H2,1-6H3. The van der Waals surface area contributed by atoms with E-state index in [1.54, 1.807) is 0 Å². The Morgan fingerprint density at radius 1 is 1.20 bits per heavy atom. The van der Waals surface area contributed by atoms with E-state index < -0.39 is 5.79 Å². The summed E-state index contributed by atoms with van der Waals surface area (Å²) in [5.41, 5.74) is -0.324. The van der Waals surface area contributed by atoms with Crippen LogP contribution in [0.5, 0.6) is 0 Å². The van der Waals surface area contributed by atoms with Crippen LogP contribution in [0.3, 0.4) is 0 Å². The molecule has 1 saturated heterocycles. The maximum absolute atomic E-state index is 10.3. The van der Waals surface area contributed by atoms with Gasteiger partial charge in [0.15, 0.2) is 5.79 Å². The summed E-state index contributed by atoms with van der Waals surface area (Å²) < 4.78 is 11.6. The molecule has 3 nitrogen and oxygen atoms in total. The minimum atomic E-state index is -1.13. The average molecular weight is 216 g/mol. The van der Waals surface area contributed by atoms with Crippen molar-refractivity contribution in [3.8, 4) is 0 Å². The number of aliphatic hydroxyl groups is 1. The maximum atomic E-state index is 10.3. The number of ether oxygens (including phenoxy) is 2. The predicted molar refractivity (Wildman–Crippen MR) is 59.5 cm³/mol. The summed E-state index contributed by atoms with van der Waals surface area (Å²) in [6.07, 6.45) is -0.0707. The SMILES string of the molecule is CC(C)C1OC(O)(C(C)C)COC1(C)C. The van der Waals surface area contributed by atoms with Gasteiger partial charge in [-0.25, -0.2) is 0 Å². The highest BCUT2D eigenvalue weighted by molar-refractivity contribution is 4.91. The van der Waals surface area contributed by atoms with Crippen molar-refractivity contribution < 1.29 is 14.6 Å². The topological polar surface area (TPSA) is 38.7 Å². The van der Waals surface area contributed by atoms with E-state index in [4.69, 9.17) is 9.47 Å². The van der Waals surface area contributed by atoms with Gasteiger partial charge in [-0.1, -0.05) is 27.7 Å². The van der Waals surface area contributed by atoms with Crippen molar-refractivity contribution in [1.29, 1.82) is 0 Å². The second-order valence-corrected chi connectivity index (χ2v) is 5.67. The second kappa shape index (κ2) is 4.04. The fourth-order valence-corrected chi connectivity index (χ4v) is 2.01. The largest absolute Gasteiger partial charge is 0.367 e. The van der Waals surface area contributed by atoms with Crippen LogP contribution in [0.2, 0.25) is 0 Å². The zero-order chi connectivity index (χ0) is 11.9. The lowest BCUT2D eigenvalue weighted by Gasteiger charge is -2.49. The van der Waals surface area contributed by atoms with Crippen LogP contribution >= 0.6 is 0 Å². The molecule has 1 rings (SSSR count). The van der Waals surface area contributed by atoms with Gasteiger partial charge in [0.25, 0.3) is 0 Å². The van der Waals surface area contributed by atoms with Gasteiger partial charge in [-0.3, -0.25) is 0 Å². The van der Waals surface area contributed by atoms with Crippen LogP contribution < -0.4 is 0 Å². The van der Waals surface area contributed by atoms with Crippen LogP contribution in [0.25, 0.3) is 0 Å². The van der Waals surface area contributed by atoms with Gasteiger partial charge in [0.2, 0.25) is 0 Å². The van der Waals surface area contributed by atoms with Crippen LogP contribution in [0.1, 0.15) is 41.5 Å². The molecule has 1 aliphatic rings. The first kappa shape index (κ1) is 12.9. The Morgan fingerprint density at radius 3 is 2.13 bits per heavy atom. The van der Waals surface area contributed by atoms with E-state index in [-0.39, 0.29) is 24.2 Å². The Kier molecular flexibility index (Phi) is 3.49. The molecule has 1 heterocycles. The van der Waals surface area contributed by atoms with Gasteiger partial charge in [-0.2, -0.15) is 0 Å². The Balaban J connectivity index is 2.84. The number of hydrogen-bond donors (Lipinski definition) is 1. The van der Waals surface area contributed by atoms with E-state index in [1.807, 2.05) is 27.7 Å². The predicted octanol–water partition coefficient (Wildman–Crippen LogP) is 2.18. The third kappa shape index (κ3) is 2.52. The van der Waals surface area contributed by atoms with Gasteiger partial charge in [0.05, 0.1) is 11.7 Å². The van der Waals surface area contributed by atoms with Crippen LogP contribution in [-0.4, -0.2) is 29.2 Å². The molecule has 0 bridgehead atoms. The van der Waals surface area contributed by atoms with Crippen molar-refractivity contribution in [1.82, 2.24) is 0 Å². The normalized spacial score (nSPS) is 36.2. The minimum absolute atomic E-state index is 0.0369. The third-order valence-corrected chi connectivity index (χ3v) is 3.17. The fourth-order valence-electron chi connectivity index (χ4n) is 2.01. The first-order chi connectivity index (χ1) is 6.69. The molecule has 0 saturated carbocycles. The van der Waals surface area contributed by atoms with Crippen molar-refractivity contribution in [2.75, 3.05) is 6.61 Å². The van der Waals surface area contributed by atoms with E-state index >= 15 is 0 Å². The summed E-state index contributed by atoms with van der Waals surface area (Å²) in [7, 11) is 0. The smallest absolute Gasteiger partial charge is 0.192 e. The summed E-state index contributed by atoms with van der Waals surface area (Å²) in [6, 6.07) is 0. The van der Waals surface area contributed by atoms with Crippen molar-refractivity contribution >= 4 is 0 Å². The van der Waals surface area contributed by atoms with E-state index in [0.717, 1.165) is 0 Å². The molecule has 1 aliphatic heterocycles. The molecule has 3 heteroatoms. The molecule has 0 aromatic heterocycles. The van der Waals surface area contributed by atoms with Gasteiger partial charge < -0.3 is 14.6 Å². The van der Waals surface area contributed by atoms with E-state index in [0.29, 0.717) is 5.92 Å². The third-order valence-electron chi connectivity index (χ3n) is 3.17. The molecular weight excluding hydrogens is 192 g/mol. The number of hydrogen-bond acceptors (Lipinski definition) is 3. The number of rotatable bonds is 2. The lowest BCUT2D eigenvalue weighted by Crippen LogP contribution is -2.60. The first-order valence-electron chi connectivity index (χ1n) is 5.73. The molecule has 0 amide bonds. The summed E-state index contributed by atoms with van der Waals surface area (Å²) in [5.74, 6) is -0.773. The molecule has 0 aromatic rings. The lowest BCUT2D eigenvalue weighted by atomic mass is 9.88. The summed E-state index contributed by atoms with van der Waals surface area (Å²) >= 11 is 0. The van der Waals surface area contributed by atoms with Crippen LogP contribution in [0.15, 0.2) is 0 Å². The Morgan fingerprint density at radius 2 is 1.73 bits per heavy atom. The zero-order valence-corrected chi connectivity index (χ0v) is 10.7. The monoisotopic (exact) mass is 216 g/mol. The lowest BCUT2D eigenvalue weighted by molar-refractivity contribution is -0.361. The highest BCUT2D eigenvalue weighted by atomic mass is 16.7. The van der Waals surface area contributed by atoms with Gasteiger partial charge in [-0.05, 0) is 19.8 Å². The van der Waals surface area contributed by atoms with Gasteiger partial charge >= 0.3 is 0 Å². The van der Waals surface area contributed by atoms with E-state index in [9.17, 15) is 5.11 Å². The Bertz CT molecular complexity index is 223. The Labute approximate surface area is 92.8 Å². The highest BCUT2D eigenvalue weighted by Crippen LogP contribution is 2.36. The molecule has 0 radical (unpaired) electrons. The van der Waals surface area contributed by atoms with E-state index in [2.05, 4.69) is 13.8 Å². The summed E-state index contributed by atoms with van der Waals surface area (Å²) in [5, 5.41) is 10.3. The summed E-state index contributed by atoms with van der Waals surface area (Å²) in [4.78, 5) is 0. The quantitative estimate of drug-likeness (QED) is 0.769. The van der Waals surface area contributed by atoms with Crippen molar-refractivity contribution in [2.24, 2.45) is 11.8 Å².